The van der Waals surface area contributed by atoms with Crippen molar-refractivity contribution >= 4 is 43.5 Å². The van der Waals surface area contributed by atoms with Gasteiger partial charge in [0, 0.05) is 42.8 Å². The van der Waals surface area contributed by atoms with E-state index < -0.39 is 0 Å². The number of aliphatic imine (C=N–C) groups is 1. The van der Waals surface area contributed by atoms with Gasteiger partial charge in [-0.2, -0.15) is 0 Å². The van der Waals surface area contributed by atoms with Crippen LogP contribution in [0, 0.1) is 0 Å². The molecular weight excluding hydrogens is 585 g/mol. The fourth-order valence-corrected chi connectivity index (χ4v) is 6.62. The monoisotopic (exact) mass is 637 g/mol. The first kappa shape index (κ1) is 34.7. The molecule has 0 aliphatic carbocycles. The number of para-hydroxylation sites is 1. The molecule has 2 aliphatic heterocycles. The Morgan fingerprint density at radius 3 is 2.43 bits per heavy atom. The van der Waals surface area contributed by atoms with Crippen molar-refractivity contribution in [1.29, 1.82) is 0 Å². The van der Waals surface area contributed by atoms with E-state index in [4.69, 9.17) is 16.6 Å². The van der Waals surface area contributed by atoms with Gasteiger partial charge >= 0.3 is 0 Å². The van der Waals surface area contributed by atoms with Crippen LogP contribution in [0.1, 0.15) is 101 Å². The molecule has 4 rings (SSSR count). The number of likely N-dealkylation sites (N-methyl/N-ethyl adjacent to an activating group) is 1. The maximum absolute atomic E-state index is 9.99. The number of nitrogens with one attached hydrogen (secondary N) is 2. The highest BCUT2D eigenvalue weighted by Crippen LogP contribution is 2.41. The third-order valence-electron chi connectivity index (χ3n) is 8.64. The largest absolute Gasteiger partial charge is 0.361 e. The molecular formula is C36H53ClN5OP. The second-order valence-corrected chi connectivity index (χ2v) is 13.1. The highest BCUT2D eigenvalue weighted by molar-refractivity contribution is 7.28. The average Bonchev–Trinajstić information content (AvgIpc) is 3.19. The van der Waals surface area contributed by atoms with Gasteiger partial charge in [0.15, 0.2) is 0 Å². The normalized spacial score (nSPS) is 16.4. The number of fused-ring (bicyclic) bond motifs is 2. The quantitative estimate of drug-likeness (QED) is 0.0916. The number of amidine groups is 1. The van der Waals surface area contributed by atoms with E-state index in [9.17, 15) is 4.89 Å². The van der Waals surface area contributed by atoms with Gasteiger partial charge in [0.25, 0.3) is 0 Å². The summed E-state index contributed by atoms with van der Waals surface area (Å²) in [7, 11) is 1.86. The van der Waals surface area contributed by atoms with E-state index in [0.717, 1.165) is 73.9 Å². The highest BCUT2D eigenvalue weighted by atomic mass is 35.5. The van der Waals surface area contributed by atoms with Gasteiger partial charge in [-0.25, -0.2) is 4.99 Å². The number of piperazine rings is 1. The maximum Gasteiger partial charge on any atom is 0.138 e. The predicted octanol–water partition coefficient (Wildman–Crippen LogP) is 9.67. The summed E-state index contributed by atoms with van der Waals surface area (Å²) in [6.45, 7) is 6.13. The topological polar surface area (TPSA) is 63.1 Å². The molecule has 1 fully saturated rings. The van der Waals surface area contributed by atoms with E-state index in [1.807, 2.05) is 18.2 Å². The summed E-state index contributed by atoms with van der Waals surface area (Å²) in [6.07, 6.45) is 23.8. The Balaban J connectivity index is 1.34. The lowest BCUT2D eigenvalue weighted by Gasteiger charge is -2.35. The minimum Gasteiger partial charge on any atom is -0.361 e. The Morgan fingerprint density at radius 1 is 0.955 bits per heavy atom. The molecule has 2 heterocycles. The maximum atomic E-state index is 9.99. The number of nitrogens with zero attached hydrogens (tertiary/aromatic N) is 3. The number of hydrogen-bond donors (Lipinski definition) is 3. The lowest BCUT2D eigenvalue weighted by atomic mass is 9.95. The molecule has 0 bridgehead atoms. The molecule has 6 nitrogen and oxygen atoms in total. The SMILES string of the molecule is CCCCC/C=C\C/C=C\CCCCCCCC(NPO)c1cccc2c1Nc1ccc(Cl)cc1N=C2N1CCN(C)CC1. The van der Waals surface area contributed by atoms with Crippen LogP contribution in [0.15, 0.2) is 65.7 Å². The predicted molar refractivity (Wildman–Crippen MR) is 192 cm³/mol. The van der Waals surface area contributed by atoms with Gasteiger partial charge < -0.3 is 20.0 Å². The molecule has 44 heavy (non-hydrogen) atoms. The lowest BCUT2D eigenvalue weighted by molar-refractivity contribution is 0.216. The fraction of sp³-hybridized carbons (Fsp3) is 0.528. The first-order valence-corrected chi connectivity index (χ1v) is 18.1. The van der Waals surface area contributed by atoms with Crippen LogP contribution in [-0.2, 0) is 0 Å². The van der Waals surface area contributed by atoms with Crippen LogP contribution in [0.5, 0.6) is 0 Å². The van der Waals surface area contributed by atoms with E-state index in [1.165, 1.54) is 63.4 Å². The second kappa shape index (κ2) is 19.3. The number of unbranched alkanes of at least 4 members (excludes halogenated alkanes) is 8. The molecule has 0 amide bonds. The van der Waals surface area contributed by atoms with Crippen LogP contribution in [0.4, 0.5) is 17.1 Å². The van der Waals surface area contributed by atoms with Crippen molar-refractivity contribution in [3.05, 3.63) is 76.9 Å². The molecule has 2 aromatic carbocycles. The molecule has 0 radical (unpaired) electrons. The van der Waals surface area contributed by atoms with E-state index in [-0.39, 0.29) is 15.0 Å². The zero-order valence-electron chi connectivity index (χ0n) is 26.8. The Kier molecular flexibility index (Phi) is 15.2. The number of allylic oxidation sites excluding steroid dienone is 4. The number of rotatable bonds is 17. The van der Waals surface area contributed by atoms with E-state index >= 15 is 0 Å². The average molecular weight is 638 g/mol. The minimum absolute atomic E-state index is 0.0568. The summed E-state index contributed by atoms with van der Waals surface area (Å²) < 4.78 is 0. The Hall–Kier alpha value is -2.21. The number of hydrogen-bond acceptors (Lipinski definition) is 6. The Labute approximate surface area is 273 Å². The molecule has 240 valence electrons. The van der Waals surface area contributed by atoms with Gasteiger partial charge in [-0.1, -0.05) is 93.5 Å². The zero-order valence-corrected chi connectivity index (χ0v) is 28.6. The van der Waals surface area contributed by atoms with Crippen molar-refractivity contribution in [1.82, 2.24) is 14.9 Å². The highest BCUT2D eigenvalue weighted by Gasteiger charge is 2.27. The first-order chi connectivity index (χ1) is 21.6. The van der Waals surface area contributed by atoms with Gasteiger partial charge in [-0.15, -0.1) is 0 Å². The molecule has 0 aromatic heterocycles. The zero-order chi connectivity index (χ0) is 31.0. The molecule has 3 N–H and O–H groups in total. The summed E-state index contributed by atoms with van der Waals surface area (Å²) in [5.74, 6) is 0.991. The van der Waals surface area contributed by atoms with Crippen LogP contribution in [0.3, 0.4) is 0 Å². The second-order valence-electron chi connectivity index (χ2n) is 12.1. The molecule has 0 saturated carbocycles. The molecule has 8 heteroatoms. The minimum atomic E-state index is -0.311. The van der Waals surface area contributed by atoms with Gasteiger partial charge in [0.05, 0.1) is 26.0 Å². The van der Waals surface area contributed by atoms with Gasteiger partial charge in [0.2, 0.25) is 0 Å². The molecule has 2 unspecified atom stereocenters. The van der Waals surface area contributed by atoms with E-state index in [0.29, 0.717) is 5.02 Å². The summed E-state index contributed by atoms with van der Waals surface area (Å²) in [4.78, 5) is 19.9. The lowest BCUT2D eigenvalue weighted by Crippen LogP contribution is -2.47. The van der Waals surface area contributed by atoms with E-state index in [1.54, 1.807) is 0 Å². The van der Waals surface area contributed by atoms with Crippen LogP contribution >= 0.6 is 20.6 Å². The molecule has 2 atom stereocenters. The summed E-state index contributed by atoms with van der Waals surface area (Å²) >= 11 is 6.41. The fourth-order valence-electron chi connectivity index (χ4n) is 6.00. The van der Waals surface area contributed by atoms with Gasteiger partial charge in [-0.3, -0.25) is 5.09 Å². The van der Waals surface area contributed by atoms with Crippen molar-refractivity contribution in [3.8, 4) is 0 Å². The third-order valence-corrected chi connectivity index (χ3v) is 9.36. The Bertz CT molecular complexity index is 1240. The number of halogens is 1. The van der Waals surface area contributed by atoms with Crippen LogP contribution in [0.25, 0.3) is 0 Å². The third kappa shape index (κ3) is 10.7. The molecule has 2 aliphatic rings. The smallest absolute Gasteiger partial charge is 0.138 e. The molecule has 0 spiro atoms. The molecule has 2 aromatic rings. The van der Waals surface area contributed by atoms with Gasteiger partial charge in [0.1, 0.15) is 5.84 Å². The number of anilines is 2. The summed E-state index contributed by atoms with van der Waals surface area (Å²) in [6, 6.07) is 12.4. The number of benzene rings is 2. The summed E-state index contributed by atoms with van der Waals surface area (Å²) in [5.41, 5.74) is 5.17. The van der Waals surface area contributed by atoms with Crippen molar-refractivity contribution in [3.63, 3.8) is 0 Å². The standard InChI is InChI=1S/C36H53ClN5OP/c1-3-4-5-6-7-8-9-10-11-12-13-14-15-16-17-21-32(40-44-43)30-19-18-20-31-35(30)38-33-23-22-29(37)28-34(33)39-36(31)42-26-24-41(2)25-27-42/h7-8,10-11,18-20,22-23,28,32,38,40,43-44H,3-6,9,12-17,21,24-27H2,1-2H3/b8-7-,11-10-. The van der Waals surface area contributed by atoms with Crippen molar-refractivity contribution in [2.75, 3.05) is 38.5 Å². The van der Waals surface area contributed by atoms with Crippen LogP contribution < -0.4 is 10.4 Å². The van der Waals surface area contributed by atoms with Crippen molar-refractivity contribution < 1.29 is 4.89 Å². The first-order valence-electron chi connectivity index (χ1n) is 16.8. The van der Waals surface area contributed by atoms with Crippen molar-refractivity contribution in [2.45, 2.75) is 90.0 Å². The Morgan fingerprint density at radius 2 is 1.68 bits per heavy atom. The van der Waals surface area contributed by atoms with Crippen LogP contribution in [0.2, 0.25) is 5.02 Å². The van der Waals surface area contributed by atoms with E-state index in [2.05, 4.69) is 76.7 Å². The van der Waals surface area contributed by atoms with Crippen LogP contribution in [-0.4, -0.2) is 53.8 Å². The summed E-state index contributed by atoms with van der Waals surface area (Å²) in [5, 5.41) is 7.81. The van der Waals surface area contributed by atoms with Crippen molar-refractivity contribution in [2.24, 2.45) is 4.99 Å². The van der Waals surface area contributed by atoms with Gasteiger partial charge in [-0.05, 0) is 75.4 Å². The molecule has 1 saturated heterocycles.